The largest absolute Gasteiger partial charge is 0.250 e. The molecule has 1 rings (SSSR count). The molecule has 1 N–H and O–H groups in total. The summed E-state index contributed by atoms with van der Waals surface area (Å²) in [5, 5.41) is 5.51. The first kappa shape index (κ1) is 6.21. The fourth-order valence-electron chi connectivity index (χ4n) is 0.373. The third-order valence-electron chi connectivity index (χ3n) is 0.744. The number of H-pyrrole nitrogens is 1. The molecule has 1 heterocycles. The first-order valence-corrected chi connectivity index (χ1v) is 4.05. The molecular weight excluding hydrogens is 142 g/mol. The zero-order valence-corrected chi connectivity index (χ0v) is 5.51. The summed E-state index contributed by atoms with van der Waals surface area (Å²) in [5.41, 5.74) is 0. The van der Waals surface area contributed by atoms with Gasteiger partial charge in [-0.3, -0.25) is 5.10 Å². The van der Waals surface area contributed by atoms with Crippen LogP contribution in [-0.4, -0.2) is 29.9 Å². The molecule has 0 aliphatic carbocycles. The summed E-state index contributed by atoms with van der Waals surface area (Å²) in [6, 6.07) is 0. The second-order valence-corrected chi connectivity index (χ2v) is 3.49. The summed E-state index contributed by atoms with van der Waals surface area (Å²) >= 11 is 0. The molecular formula is C3H5N3O2S. The maximum absolute atomic E-state index is 10.6. The van der Waals surface area contributed by atoms with Crippen LogP contribution in [0, 0.1) is 0 Å². The van der Waals surface area contributed by atoms with E-state index in [1.165, 1.54) is 0 Å². The van der Waals surface area contributed by atoms with Gasteiger partial charge < -0.3 is 0 Å². The Kier molecular flexibility index (Phi) is 1.24. The number of aromatic amines is 1. The minimum absolute atomic E-state index is 0.0949. The monoisotopic (exact) mass is 147 g/mol. The van der Waals surface area contributed by atoms with Gasteiger partial charge in [0, 0.05) is 6.26 Å². The Morgan fingerprint density at radius 3 is 2.56 bits per heavy atom. The molecule has 0 spiro atoms. The number of nitrogens with zero attached hydrogens (tertiary/aromatic N) is 2. The van der Waals surface area contributed by atoms with E-state index in [0.29, 0.717) is 0 Å². The Morgan fingerprint density at radius 1 is 1.67 bits per heavy atom. The van der Waals surface area contributed by atoms with E-state index in [4.69, 9.17) is 0 Å². The van der Waals surface area contributed by atoms with Crippen LogP contribution in [0.25, 0.3) is 0 Å². The van der Waals surface area contributed by atoms with Gasteiger partial charge in [0.25, 0.3) is 0 Å². The van der Waals surface area contributed by atoms with E-state index < -0.39 is 9.84 Å². The van der Waals surface area contributed by atoms with Gasteiger partial charge in [0.1, 0.15) is 6.33 Å². The van der Waals surface area contributed by atoms with Crippen molar-refractivity contribution in [3.05, 3.63) is 6.33 Å². The van der Waals surface area contributed by atoms with Crippen LogP contribution in [0.1, 0.15) is 0 Å². The quantitative estimate of drug-likeness (QED) is 0.564. The molecule has 9 heavy (non-hydrogen) atoms. The SMILES string of the molecule is CS(=O)(=O)c1ncn[nH]1. The molecule has 0 aliphatic heterocycles. The molecule has 0 atom stereocenters. The number of aromatic nitrogens is 3. The van der Waals surface area contributed by atoms with Crippen LogP contribution in [-0.2, 0) is 9.84 Å². The van der Waals surface area contributed by atoms with Crippen LogP contribution < -0.4 is 0 Å². The highest BCUT2D eigenvalue weighted by molar-refractivity contribution is 7.90. The summed E-state index contributed by atoms with van der Waals surface area (Å²) < 4.78 is 21.1. The number of rotatable bonds is 1. The van der Waals surface area contributed by atoms with Crippen molar-refractivity contribution in [1.29, 1.82) is 0 Å². The Balaban J connectivity index is 3.20. The van der Waals surface area contributed by atoms with E-state index >= 15 is 0 Å². The molecule has 50 valence electrons. The molecule has 1 aromatic heterocycles. The topological polar surface area (TPSA) is 75.7 Å². The Hall–Kier alpha value is -0.910. The summed E-state index contributed by atoms with van der Waals surface area (Å²) in [6.45, 7) is 0. The average Bonchev–Trinajstić information content (AvgIpc) is 2.08. The predicted molar refractivity (Wildman–Crippen MR) is 29.5 cm³/mol. The van der Waals surface area contributed by atoms with E-state index in [1.54, 1.807) is 0 Å². The maximum Gasteiger partial charge on any atom is 0.242 e. The van der Waals surface area contributed by atoms with Crippen LogP contribution in [0.3, 0.4) is 0 Å². The summed E-state index contributed by atoms with van der Waals surface area (Å²) in [6.07, 6.45) is 2.21. The zero-order chi connectivity index (χ0) is 6.91. The average molecular weight is 147 g/mol. The van der Waals surface area contributed by atoms with Gasteiger partial charge in [-0.25, -0.2) is 13.4 Å². The summed E-state index contributed by atoms with van der Waals surface area (Å²) in [4.78, 5) is 3.43. The molecule has 0 amide bonds. The molecule has 6 heteroatoms. The van der Waals surface area contributed by atoms with Crippen LogP contribution in [0.5, 0.6) is 0 Å². The third kappa shape index (κ3) is 1.26. The van der Waals surface area contributed by atoms with Crippen molar-refractivity contribution in [3.8, 4) is 0 Å². The molecule has 0 saturated carbocycles. The third-order valence-corrected chi connectivity index (χ3v) is 1.64. The lowest BCUT2D eigenvalue weighted by molar-refractivity contribution is 0.594. The van der Waals surface area contributed by atoms with Gasteiger partial charge in [-0.1, -0.05) is 0 Å². The van der Waals surface area contributed by atoms with Crippen LogP contribution >= 0.6 is 0 Å². The summed E-state index contributed by atoms with van der Waals surface area (Å²) in [5.74, 6) is 0. The van der Waals surface area contributed by atoms with Gasteiger partial charge in [0.05, 0.1) is 0 Å². The lowest BCUT2D eigenvalue weighted by atomic mass is 11.3. The summed E-state index contributed by atoms with van der Waals surface area (Å²) in [7, 11) is -3.19. The first-order chi connectivity index (χ1) is 4.11. The highest BCUT2D eigenvalue weighted by Crippen LogP contribution is 1.94. The van der Waals surface area contributed by atoms with Crippen molar-refractivity contribution >= 4 is 9.84 Å². The number of hydrogen-bond donors (Lipinski definition) is 1. The highest BCUT2D eigenvalue weighted by Gasteiger charge is 2.07. The van der Waals surface area contributed by atoms with E-state index in [2.05, 4.69) is 15.2 Å². The van der Waals surface area contributed by atoms with Crippen molar-refractivity contribution in [2.45, 2.75) is 5.16 Å². The van der Waals surface area contributed by atoms with Gasteiger partial charge in [0.15, 0.2) is 0 Å². The molecule has 0 radical (unpaired) electrons. The Morgan fingerprint density at radius 2 is 2.33 bits per heavy atom. The maximum atomic E-state index is 10.6. The molecule has 1 aromatic rings. The number of sulfone groups is 1. The van der Waals surface area contributed by atoms with Crippen molar-refractivity contribution in [3.63, 3.8) is 0 Å². The molecule has 0 aliphatic rings. The van der Waals surface area contributed by atoms with E-state index in [-0.39, 0.29) is 5.16 Å². The second-order valence-electron chi connectivity index (χ2n) is 1.56. The minimum atomic E-state index is -3.19. The second kappa shape index (κ2) is 1.80. The van der Waals surface area contributed by atoms with Crippen LogP contribution in [0.4, 0.5) is 0 Å². The lowest BCUT2D eigenvalue weighted by Crippen LogP contribution is -1.98. The zero-order valence-electron chi connectivity index (χ0n) is 4.70. The fraction of sp³-hybridized carbons (Fsp3) is 0.333. The van der Waals surface area contributed by atoms with Crippen molar-refractivity contribution < 1.29 is 8.42 Å². The Labute approximate surface area is 52.0 Å². The normalized spacial score (nSPS) is 11.7. The van der Waals surface area contributed by atoms with Crippen LogP contribution in [0.2, 0.25) is 0 Å². The van der Waals surface area contributed by atoms with Crippen LogP contribution in [0.15, 0.2) is 11.5 Å². The standard InChI is InChI=1S/C3H5N3O2S/c1-9(7,8)3-4-2-5-6-3/h2H,1H3,(H,4,5,6). The van der Waals surface area contributed by atoms with E-state index in [1.807, 2.05) is 0 Å². The van der Waals surface area contributed by atoms with Crippen molar-refractivity contribution in [1.82, 2.24) is 15.2 Å². The molecule has 0 saturated heterocycles. The fourth-order valence-corrected chi connectivity index (χ4v) is 0.830. The van der Waals surface area contributed by atoms with Gasteiger partial charge in [-0.15, -0.1) is 0 Å². The smallest absolute Gasteiger partial charge is 0.242 e. The van der Waals surface area contributed by atoms with Gasteiger partial charge in [-0.2, -0.15) is 5.10 Å². The lowest BCUT2D eigenvalue weighted by Gasteiger charge is -1.84. The molecule has 0 bridgehead atoms. The first-order valence-electron chi connectivity index (χ1n) is 2.16. The molecule has 5 nitrogen and oxygen atoms in total. The van der Waals surface area contributed by atoms with Gasteiger partial charge in [0.2, 0.25) is 15.0 Å². The highest BCUT2D eigenvalue weighted by atomic mass is 32.2. The predicted octanol–water partition coefficient (Wildman–Crippen LogP) is -0.792. The number of hydrogen-bond acceptors (Lipinski definition) is 4. The number of nitrogens with one attached hydrogen (secondary N) is 1. The van der Waals surface area contributed by atoms with E-state index in [9.17, 15) is 8.42 Å². The minimum Gasteiger partial charge on any atom is -0.250 e. The Bertz CT molecular complexity index is 274. The van der Waals surface area contributed by atoms with Crippen molar-refractivity contribution in [2.75, 3.05) is 6.26 Å². The van der Waals surface area contributed by atoms with Crippen molar-refractivity contribution in [2.24, 2.45) is 0 Å². The van der Waals surface area contributed by atoms with E-state index in [0.717, 1.165) is 12.6 Å². The molecule has 0 fully saturated rings. The van der Waals surface area contributed by atoms with Gasteiger partial charge >= 0.3 is 0 Å². The molecule has 0 unspecified atom stereocenters. The molecule has 0 aromatic carbocycles. The van der Waals surface area contributed by atoms with Gasteiger partial charge in [-0.05, 0) is 0 Å².